The van der Waals surface area contributed by atoms with Crippen molar-refractivity contribution in [1.29, 1.82) is 0 Å². The molecule has 196 valence electrons. The third-order valence-corrected chi connectivity index (χ3v) is 6.91. The lowest BCUT2D eigenvalue weighted by molar-refractivity contribution is -0.137. The number of ether oxygens (including phenoxy) is 2. The summed E-state index contributed by atoms with van der Waals surface area (Å²) in [5, 5.41) is 7.73. The summed E-state index contributed by atoms with van der Waals surface area (Å²) in [6, 6.07) is 1.70. The Balaban J connectivity index is 1.47. The lowest BCUT2D eigenvalue weighted by atomic mass is 9.76. The zero-order valence-electron chi connectivity index (χ0n) is 20.2. The maximum absolute atomic E-state index is 14.1. The Labute approximate surface area is 206 Å². The van der Waals surface area contributed by atoms with E-state index in [1.165, 1.54) is 0 Å². The lowest BCUT2D eigenvalue weighted by Crippen LogP contribution is -2.41. The van der Waals surface area contributed by atoms with E-state index in [9.17, 15) is 27.2 Å². The average molecular weight is 512 g/mol. The van der Waals surface area contributed by atoms with Crippen molar-refractivity contribution in [1.82, 2.24) is 15.1 Å². The summed E-state index contributed by atoms with van der Waals surface area (Å²) in [6.07, 6.45) is -1.82. The van der Waals surface area contributed by atoms with E-state index >= 15 is 0 Å². The zero-order valence-corrected chi connectivity index (χ0v) is 20.2. The number of rotatable bonds is 6. The van der Waals surface area contributed by atoms with Gasteiger partial charge in [0, 0.05) is 32.2 Å². The molecule has 1 N–H and O–H groups in total. The van der Waals surface area contributed by atoms with E-state index in [1.54, 1.807) is 4.68 Å². The van der Waals surface area contributed by atoms with Crippen molar-refractivity contribution in [3.8, 4) is 0 Å². The van der Waals surface area contributed by atoms with Crippen LogP contribution in [-0.2, 0) is 35.0 Å². The first-order valence-electron chi connectivity index (χ1n) is 12.0. The fourth-order valence-electron chi connectivity index (χ4n) is 4.82. The minimum atomic E-state index is -4.71. The quantitative estimate of drug-likeness (QED) is 0.465. The number of nitrogens with one attached hydrogen (secondary N) is 1. The number of halogens is 4. The van der Waals surface area contributed by atoms with Crippen molar-refractivity contribution >= 4 is 11.9 Å². The van der Waals surface area contributed by atoms with Gasteiger partial charge in [0.2, 0.25) is 0 Å². The van der Waals surface area contributed by atoms with E-state index in [4.69, 9.17) is 9.47 Å². The largest absolute Gasteiger partial charge is 0.462 e. The SMILES string of the molecule is CCc1nn(C[C@@H](C)COC(=O)c2ccc(C(F)(F)F)cc2F)c2c1C(=O)NCC1(CCOCC1)C2. The Kier molecular flexibility index (Phi) is 7.40. The summed E-state index contributed by atoms with van der Waals surface area (Å²) in [6.45, 7) is 5.83. The summed E-state index contributed by atoms with van der Waals surface area (Å²) in [5.74, 6) is -2.73. The van der Waals surface area contributed by atoms with Crippen LogP contribution in [0.5, 0.6) is 0 Å². The number of carbonyl (C=O) groups excluding carboxylic acids is 2. The molecule has 0 saturated carbocycles. The van der Waals surface area contributed by atoms with Crippen LogP contribution >= 0.6 is 0 Å². The molecule has 1 saturated heterocycles. The molecule has 11 heteroatoms. The summed E-state index contributed by atoms with van der Waals surface area (Å²) >= 11 is 0. The first kappa shape index (κ1) is 26.1. The van der Waals surface area contributed by atoms with Crippen LogP contribution in [-0.4, -0.2) is 48.0 Å². The molecule has 2 aliphatic heterocycles. The van der Waals surface area contributed by atoms with Crippen molar-refractivity contribution in [3.63, 3.8) is 0 Å². The minimum Gasteiger partial charge on any atom is -0.462 e. The summed E-state index contributed by atoms with van der Waals surface area (Å²) in [5.41, 5.74) is 0.282. The van der Waals surface area contributed by atoms with Crippen LogP contribution in [0.3, 0.4) is 0 Å². The van der Waals surface area contributed by atoms with Gasteiger partial charge in [0.05, 0.1) is 34.7 Å². The highest BCUT2D eigenvalue weighted by Crippen LogP contribution is 2.37. The van der Waals surface area contributed by atoms with Crippen molar-refractivity contribution < 1.29 is 36.6 Å². The predicted molar refractivity (Wildman–Crippen MR) is 121 cm³/mol. The van der Waals surface area contributed by atoms with Crippen molar-refractivity contribution in [2.24, 2.45) is 11.3 Å². The number of hydrogen-bond donors (Lipinski definition) is 1. The molecule has 4 rings (SSSR count). The fraction of sp³-hybridized carbons (Fsp3) is 0.560. The molecule has 0 bridgehead atoms. The third-order valence-electron chi connectivity index (χ3n) is 6.91. The minimum absolute atomic E-state index is 0.0967. The molecule has 36 heavy (non-hydrogen) atoms. The molecule has 2 aliphatic rings. The number of aryl methyl sites for hydroxylation is 1. The van der Waals surface area contributed by atoms with Crippen LogP contribution in [0, 0.1) is 17.2 Å². The normalized spacial score (nSPS) is 18.3. The number of alkyl halides is 3. The molecule has 3 heterocycles. The molecule has 1 aromatic heterocycles. The second kappa shape index (κ2) is 10.2. The lowest BCUT2D eigenvalue weighted by Gasteiger charge is -2.36. The van der Waals surface area contributed by atoms with Crippen LogP contribution in [0.25, 0.3) is 0 Å². The van der Waals surface area contributed by atoms with Crippen molar-refractivity contribution in [2.75, 3.05) is 26.4 Å². The number of aromatic nitrogens is 2. The van der Waals surface area contributed by atoms with Gasteiger partial charge >= 0.3 is 12.1 Å². The highest BCUT2D eigenvalue weighted by Gasteiger charge is 2.40. The smallest absolute Gasteiger partial charge is 0.416 e. The number of amides is 1. The van der Waals surface area contributed by atoms with E-state index in [0.717, 1.165) is 24.6 Å². The molecule has 0 aliphatic carbocycles. The van der Waals surface area contributed by atoms with Gasteiger partial charge in [-0.05, 0) is 49.3 Å². The molecule has 1 fully saturated rings. The van der Waals surface area contributed by atoms with Crippen molar-refractivity contribution in [2.45, 2.75) is 52.3 Å². The van der Waals surface area contributed by atoms with Crippen LogP contribution in [0.15, 0.2) is 18.2 Å². The van der Waals surface area contributed by atoms with Crippen LogP contribution in [0.1, 0.15) is 64.4 Å². The molecule has 1 aromatic carbocycles. The molecule has 7 nitrogen and oxygen atoms in total. The number of fused-ring (bicyclic) bond motifs is 1. The zero-order chi connectivity index (χ0) is 26.1. The van der Waals surface area contributed by atoms with Gasteiger partial charge in [-0.3, -0.25) is 9.48 Å². The monoisotopic (exact) mass is 511 g/mol. The molecule has 1 atom stereocenters. The highest BCUT2D eigenvalue weighted by molar-refractivity contribution is 5.97. The Bertz CT molecular complexity index is 1140. The van der Waals surface area contributed by atoms with Crippen LogP contribution < -0.4 is 5.32 Å². The van der Waals surface area contributed by atoms with Gasteiger partial charge in [0.15, 0.2) is 0 Å². The third kappa shape index (κ3) is 5.40. The summed E-state index contributed by atoms with van der Waals surface area (Å²) < 4.78 is 64.9. The van der Waals surface area contributed by atoms with E-state index in [2.05, 4.69) is 10.4 Å². The first-order valence-corrected chi connectivity index (χ1v) is 12.0. The number of hydrogen-bond acceptors (Lipinski definition) is 5. The van der Waals surface area contributed by atoms with Gasteiger partial charge in [-0.1, -0.05) is 13.8 Å². The fourth-order valence-corrected chi connectivity index (χ4v) is 4.82. The Morgan fingerprint density at radius 2 is 2.03 bits per heavy atom. The first-order chi connectivity index (χ1) is 17.0. The maximum atomic E-state index is 14.1. The molecular formula is C25H29F4N3O4. The van der Waals surface area contributed by atoms with Crippen LogP contribution in [0.2, 0.25) is 0 Å². The van der Waals surface area contributed by atoms with Gasteiger partial charge < -0.3 is 14.8 Å². The van der Waals surface area contributed by atoms with Gasteiger partial charge in [-0.25, -0.2) is 9.18 Å². The molecule has 0 radical (unpaired) electrons. The summed E-state index contributed by atoms with van der Waals surface area (Å²) in [7, 11) is 0. The van der Waals surface area contributed by atoms with Crippen LogP contribution in [0.4, 0.5) is 17.6 Å². The number of esters is 1. The summed E-state index contributed by atoms with van der Waals surface area (Å²) in [4.78, 5) is 25.3. The molecule has 1 spiro atoms. The number of nitrogens with zero attached hydrogens (tertiary/aromatic N) is 2. The van der Waals surface area contributed by atoms with Gasteiger partial charge in [0.1, 0.15) is 5.82 Å². The molecule has 0 unspecified atom stereocenters. The Hall–Kier alpha value is -2.95. The van der Waals surface area contributed by atoms with E-state index < -0.39 is 29.1 Å². The van der Waals surface area contributed by atoms with Gasteiger partial charge in [-0.15, -0.1) is 0 Å². The topological polar surface area (TPSA) is 82.5 Å². The van der Waals surface area contributed by atoms with E-state index in [-0.39, 0.29) is 29.9 Å². The molecule has 2 aromatic rings. The molecular weight excluding hydrogens is 482 g/mol. The standard InChI is InChI=1S/C25H29F4N3O4/c1-3-19-21-20(11-24(14-30-22(21)33)6-8-35-9-7-24)32(31-19)12-15(2)13-36-23(34)17-5-4-16(10-18(17)26)25(27,28)29/h4-5,10,15H,3,6-9,11-14H2,1-2H3,(H,30,33)/t15-/m1/s1. The average Bonchev–Trinajstić information content (AvgIpc) is 3.10. The van der Waals surface area contributed by atoms with Crippen molar-refractivity contribution in [3.05, 3.63) is 52.1 Å². The predicted octanol–water partition coefficient (Wildman–Crippen LogP) is 4.18. The second-order valence-corrected chi connectivity index (χ2v) is 9.67. The van der Waals surface area contributed by atoms with E-state index in [0.29, 0.717) is 56.5 Å². The second-order valence-electron chi connectivity index (χ2n) is 9.67. The van der Waals surface area contributed by atoms with Gasteiger partial charge in [-0.2, -0.15) is 18.3 Å². The van der Waals surface area contributed by atoms with E-state index in [1.807, 2.05) is 13.8 Å². The number of carbonyl (C=O) groups is 2. The van der Waals surface area contributed by atoms with Gasteiger partial charge in [0.25, 0.3) is 5.91 Å². The Morgan fingerprint density at radius 3 is 2.67 bits per heavy atom. The molecule has 1 amide bonds. The maximum Gasteiger partial charge on any atom is 0.416 e. The Morgan fingerprint density at radius 1 is 1.31 bits per heavy atom. The highest BCUT2D eigenvalue weighted by atomic mass is 19.4. The number of benzene rings is 1.